The molecule has 0 spiro atoms. The summed E-state index contributed by atoms with van der Waals surface area (Å²) in [5.41, 5.74) is 1.88. The van der Waals surface area contributed by atoms with Gasteiger partial charge in [-0.2, -0.15) is 0 Å². The van der Waals surface area contributed by atoms with Gasteiger partial charge in [0.25, 0.3) is 5.91 Å². The van der Waals surface area contributed by atoms with Crippen molar-refractivity contribution >= 4 is 22.9 Å². The first-order chi connectivity index (χ1) is 13.6. The molecule has 2 heterocycles. The molecular weight excluding hydrogens is 358 g/mol. The Morgan fingerprint density at radius 3 is 2.25 bits per heavy atom. The third-order valence-corrected chi connectivity index (χ3v) is 5.06. The van der Waals surface area contributed by atoms with Gasteiger partial charge in [0.2, 0.25) is 5.91 Å². The first-order valence-electron chi connectivity index (χ1n) is 9.34. The van der Waals surface area contributed by atoms with Gasteiger partial charge in [0.05, 0.1) is 5.52 Å². The number of piperazine rings is 1. The molecule has 1 aliphatic heterocycles. The number of aryl methyl sites for hydroxylation is 1. The molecule has 0 aliphatic carbocycles. The maximum atomic E-state index is 12.6. The molecule has 144 valence electrons. The maximum absolute atomic E-state index is 12.6. The zero-order valence-corrected chi connectivity index (χ0v) is 15.4. The summed E-state index contributed by atoms with van der Waals surface area (Å²) in [5, 5.41) is 0. The number of para-hydroxylation sites is 2. The van der Waals surface area contributed by atoms with E-state index in [1.54, 1.807) is 40.1 Å². The average Bonchev–Trinajstić information content (AvgIpc) is 3.07. The highest BCUT2D eigenvalue weighted by molar-refractivity contribution is 5.94. The Kier molecular flexibility index (Phi) is 4.97. The Labute approximate surface area is 161 Å². The average molecular weight is 379 g/mol. The second kappa shape index (κ2) is 7.72. The number of aromatic nitrogens is 1. The molecule has 0 unspecified atom stereocenters. The van der Waals surface area contributed by atoms with Gasteiger partial charge in [-0.3, -0.25) is 14.2 Å². The summed E-state index contributed by atoms with van der Waals surface area (Å²) >= 11 is 0. The number of rotatable bonds is 4. The van der Waals surface area contributed by atoms with Crippen molar-refractivity contribution in [2.45, 2.75) is 13.0 Å². The first-order valence-corrected chi connectivity index (χ1v) is 9.34. The van der Waals surface area contributed by atoms with Gasteiger partial charge in [-0.25, -0.2) is 4.79 Å². The fourth-order valence-corrected chi connectivity index (χ4v) is 3.51. The van der Waals surface area contributed by atoms with Crippen LogP contribution in [-0.2, 0) is 11.3 Å². The van der Waals surface area contributed by atoms with E-state index in [1.165, 1.54) is 4.57 Å². The zero-order valence-electron chi connectivity index (χ0n) is 15.4. The molecule has 7 heteroatoms. The zero-order chi connectivity index (χ0) is 19.5. The number of fused-ring (bicyclic) bond motifs is 1. The van der Waals surface area contributed by atoms with Crippen LogP contribution in [0.2, 0.25) is 0 Å². The Morgan fingerprint density at radius 2 is 1.50 bits per heavy atom. The van der Waals surface area contributed by atoms with Crippen molar-refractivity contribution in [1.82, 2.24) is 14.4 Å². The standard InChI is InChI=1S/C21H21N3O4/c25-19(10-11-24-17-8-4-5-9-18(17)28-21(24)27)22-12-14-23(15-13-22)20(26)16-6-2-1-3-7-16/h1-9H,10-15H2. The highest BCUT2D eigenvalue weighted by atomic mass is 16.4. The second-order valence-corrected chi connectivity index (χ2v) is 6.78. The summed E-state index contributed by atoms with van der Waals surface area (Å²) in [5.74, 6) is -0.486. The van der Waals surface area contributed by atoms with Crippen molar-refractivity contribution in [3.8, 4) is 0 Å². The van der Waals surface area contributed by atoms with E-state index in [0.29, 0.717) is 42.8 Å². The lowest BCUT2D eigenvalue weighted by atomic mass is 10.2. The molecule has 7 nitrogen and oxygen atoms in total. The molecule has 3 aromatic rings. The minimum absolute atomic E-state index is 0.0101. The van der Waals surface area contributed by atoms with Gasteiger partial charge < -0.3 is 14.2 Å². The molecule has 2 aromatic carbocycles. The molecule has 2 amide bonds. The van der Waals surface area contributed by atoms with Crippen LogP contribution in [0.15, 0.2) is 63.8 Å². The van der Waals surface area contributed by atoms with Crippen LogP contribution in [0, 0.1) is 0 Å². The van der Waals surface area contributed by atoms with Crippen LogP contribution >= 0.6 is 0 Å². The van der Waals surface area contributed by atoms with Crippen molar-refractivity contribution in [2.75, 3.05) is 26.2 Å². The third-order valence-electron chi connectivity index (χ3n) is 5.06. The van der Waals surface area contributed by atoms with Gasteiger partial charge >= 0.3 is 5.76 Å². The lowest BCUT2D eigenvalue weighted by Gasteiger charge is -2.35. The minimum atomic E-state index is -0.452. The lowest BCUT2D eigenvalue weighted by molar-refractivity contribution is -0.132. The van der Waals surface area contributed by atoms with Gasteiger partial charge in [0.1, 0.15) is 0 Å². The summed E-state index contributed by atoms with van der Waals surface area (Å²) in [6, 6.07) is 16.3. The maximum Gasteiger partial charge on any atom is 0.419 e. The van der Waals surface area contributed by atoms with Crippen molar-refractivity contribution in [2.24, 2.45) is 0 Å². The fourth-order valence-electron chi connectivity index (χ4n) is 3.51. The van der Waals surface area contributed by atoms with E-state index < -0.39 is 5.76 Å². The largest absolute Gasteiger partial charge is 0.419 e. The van der Waals surface area contributed by atoms with E-state index in [9.17, 15) is 14.4 Å². The number of amides is 2. The third kappa shape index (κ3) is 3.55. The SMILES string of the molecule is O=C(CCn1c(=O)oc2ccccc21)N1CCN(C(=O)c2ccccc2)CC1. The van der Waals surface area contributed by atoms with E-state index >= 15 is 0 Å². The van der Waals surface area contributed by atoms with E-state index in [0.717, 1.165) is 0 Å². The number of nitrogens with zero attached hydrogens (tertiary/aromatic N) is 3. The van der Waals surface area contributed by atoms with Crippen molar-refractivity contribution < 1.29 is 14.0 Å². The molecule has 0 atom stereocenters. The normalized spacial score (nSPS) is 14.4. The number of carbonyl (C=O) groups is 2. The Bertz CT molecular complexity index is 1050. The van der Waals surface area contributed by atoms with Crippen LogP contribution in [0.3, 0.4) is 0 Å². The van der Waals surface area contributed by atoms with Crippen molar-refractivity contribution in [1.29, 1.82) is 0 Å². The molecule has 4 rings (SSSR count). The van der Waals surface area contributed by atoms with Crippen LogP contribution in [-0.4, -0.2) is 52.4 Å². The smallest absolute Gasteiger partial charge is 0.408 e. The Hall–Kier alpha value is -3.35. The molecule has 0 bridgehead atoms. The van der Waals surface area contributed by atoms with E-state index in [4.69, 9.17) is 4.42 Å². The van der Waals surface area contributed by atoms with Crippen LogP contribution in [0.5, 0.6) is 0 Å². The van der Waals surface area contributed by atoms with Gasteiger partial charge in [-0.05, 0) is 24.3 Å². The second-order valence-electron chi connectivity index (χ2n) is 6.78. The number of benzene rings is 2. The minimum Gasteiger partial charge on any atom is -0.408 e. The molecule has 0 radical (unpaired) electrons. The highest BCUT2D eigenvalue weighted by Gasteiger charge is 2.24. The van der Waals surface area contributed by atoms with E-state index in [-0.39, 0.29) is 24.8 Å². The molecule has 0 N–H and O–H groups in total. The lowest BCUT2D eigenvalue weighted by Crippen LogP contribution is -2.50. The van der Waals surface area contributed by atoms with Crippen LogP contribution in [0.25, 0.3) is 11.1 Å². The fraction of sp³-hybridized carbons (Fsp3) is 0.286. The molecular formula is C21H21N3O4. The number of carbonyl (C=O) groups excluding carboxylic acids is 2. The predicted molar refractivity (Wildman–Crippen MR) is 104 cm³/mol. The van der Waals surface area contributed by atoms with Crippen LogP contribution in [0.1, 0.15) is 16.8 Å². The molecule has 1 aliphatic rings. The first kappa shape index (κ1) is 18.0. The summed E-state index contributed by atoms with van der Waals surface area (Å²) in [6.07, 6.45) is 0.218. The van der Waals surface area contributed by atoms with Gasteiger partial charge in [-0.1, -0.05) is 30.3 Å². The molecule has 28 heavy (non-hydrogen) atoms. The van der Waals surface area contributed by atoms with Crippen LogP contribution in [0.4, 0.5) is 0 Å². The molecule has 1 aromatic heterocycles. The summed E-state index contributed by atoms with van der Waals surface area (Å²) in [6.45, 7) is 2.29. The summed E-state index contributed by atoms with van der Waals surface area (Å²) < 4.78 is 6.69. The van der Waals surface area contributed by atoms with Gasteiger partial charge in [0.15, 0.2) is 5.58 Å². The molecule has 1 fully saturated rings. The number of oxazole rings is 1. The Morgan fingerprint density at radius 1 is 0.857 bits per heavy atom. The predicted octanol–water partition coefficient (Wildman–Crippen LogP) is 1.97. The monoisotopic (exact) mass is 379 g/mol. The number of hydrogen-bond donors (Lipinski definition) is 0. The summed E-state index contributed by atoms with van der Waals surface area (Å²) in [7, 11) is 0. The van der Waals surface area contributed by atoms with Gasteiger partial charge in [0, 0.05) is 44.7 Å². The Balaban J connectivity index is 1.34. The van der Waals surface area contributed by atoms with Crippen molar-refractivity contribution in [3.63, 3.8) is 0 Å². The number of hydrogen-bond acceptors (Lipinski definition) is 4. The topological polar surface area (TPSA) is 75.8 Å². The molecule has 0 saturated carbocycles. The molecule has 1 saturated heterocycles. The quantitative estimate of drug-likeness (QED) is 0.695. The van der Waals surface area contributed by atoms with Gasteiger partial charge in [-0.15, -0.1) is 0 Å². The summed E-state index contributed by atoms with van der Waals surface area (Å²) in [4.78, 5) is 40.6. The highest BCUT2D eigenvalue weighted by Crippen LogP contribution is 2.13. The van der Waals surface area contributed by atoms with E-state index in [2.05, 4.69) is 0 Å². The van der Waals surface area contributed by atoms with Crippen LogP contribution < -0.4 is 5.76 Å². The van der Waals surface area contributed by atoms with E-state index in [1.807, 2.05) is 24.3 Å². The van der Waals surface area contributed by atoms with Crippen molar-refractivity contribution in [3.05, 3.63) is 70.7 Å².